The van der Waals surface area contributed by atoms with Crippen LogP contribution >= 0.6 is 12.4 Å². The van der Waals surface area contributed by atoms with E-state index in [4.69, 9.17) is 5.73 Å². The van der Waals surface area contributed by atoms with Crippen LogP contribution in [0.25, 0.3) is 0 Å². The van der Waals surface area contributed by atoms with Gasteiger partial charge in [0.1, 0.15) is 0 Å². The maximum Gasteiger partial charge on any atom is 0.0355 e. The maximum absolute atomic E-state index is 6.32. The van der Waals surface area contributed by atoms with Crippen LogP contribution in [0.2, 0.25) is 0 Å². The van der Waals surface area contributed by atoms with Gasteiger partial charge in [0.15, 0.2) is 0 Å². The zero-order chi connectivity index (χ0) is 20.5. The number of unbranched alkanes of at least 4 members (excludes halogenated alkanes) is 15. The molecule has 2 heteroatoms. The highest BCUT2D eigenvalue weighted by molar-refractivity contribution is 5.85. The lowest BCUT2D eigenvalue weighted by Crippen LogP contribution is -2.30. The van der Waals surface area contributed by atoms with Crippen molar-refractivity contribution in [3.05, 3.63) is 42.8 Å². The molecule has 4 radical (unpaired) electrons. The Labute approximate surface area is 196 Å². The van der Waals surface area contributed by atoms with Crippen molar-refractivity contribution in [2.75, 3.05) is 0 Å². The summed E-state index contributed by atoms with van der Waals surface area (Å²) in [6.07, 6.45) is 24.0. The monoisotopic (exact) mass is 435 g/mol. The average Bonchev–Trinajstić information content (AvgIpc) is 2.67. The van der Waals surface area contributed by atoms with Gasteiger partial charge in [0.25, 0.3) is 0 Å². The summed E-state index contributed by atoms with van der Waals surface area (Å²) < 4.78 is 0. The van der Waals surface area contributed by atoms with E-state index in [9.17, 15) is 0 Å². The van der Waals surface area contributed by atoms with Crippen LogP contribution in [0.3, 0.4) is 0 Å². The van der Waals surface area contributed by atoms with E-state index >= 15 is 0 Å². The molecule has 0 spiro atoms. The lowest BCUT2D eigenvalue weighted by atomic mass is 9.89. The molecule has 0 unspecified atom stereocenters. The molecule has 2 N–H and O–H groups in total. The van der Waals surface area contributed by atoms with Crippen molar-refractivity contribution in [2.24, 2.45) is 5.73 Å². The van der Waals surface area contributed by atoms with E-state index in [1.54, 1.807) is 0 Å². The third-order valence-electron chi connectivity index (χ3n) is 6.01. The van der Waals surface area contributed by atoms with Crippen LogP contribution in [-0.2, 0) is 12.0 Å². The second-order valence-corrected chi connectivity index (χ2v) is 9.43. The zero-order valence-electron chi connectivity index (χ0n) is 20.3. The summed E-state index contributed by atoms with van der Waals surface area (Å²) in [4.78, 5) is 0. The second kappa shape index (κ2) is 20.4. The van der Waals surface area contributed by atoms with Gasteiger partial charge in [-0.1, -0.05) is 128 Å². The quantitative estimate of drug-likeness (QED) is 0.228. The van der Waals surface area contributed by atoms with Gasteiger partial charge in [-0.05, 0) is 37.8 Å². The second-order valence-electron chi connectivity index (χ2n) is 9.43. The molecule has 1 rings (SSSR count). The first-order chi connectivity index (χ1) is 13.6. The Hall–Kier alpha value is -0.530. The Morgan fingerprint density at radius 1 is 0.633 bits per heavy atom. The Kier molecular flexibility index (Phi) is 21.5. The fourth-order valence-corrected chi connectivity index (χ4v) is 4.23. The lowest BCUT2D eigenvalue weighted by Gasteiger charge is -2.23. The Bertz CT molecular complexity index is 478. The summed E-state index contributed by atoms with van der Waals surface area (Å²) >= 11 is 0. The van der Waals surface area contributed by atoms with E-state index in [2.05, 4.69) is 45.0 Å². The van der Waals surface area contributed by atoms with Gasteiger partial charge in [0, 0.05) is 13.0 Å². The van der Waals surface area contributed by atoms with E-state index in [1.807, 2.05) is 0 Å². The van der Waals surface area contributed by atoms with Gasteiger partial charge in [-0.15, -0.1) is 12.4 Å². The van der Waals surface area contributed by atoms with Crippen LogP contribution in [0.15, 0.2) is 24.3 Å². The summed E-state index contributed by atoms with van der Waals surface area (Å²) in [6, 6.07) is 8.72. The predicted octanol–water partition coefficient (Wildman–Crippen LogP) is 9.19. The standard InChI is InChI=1S/C27H49N.C.ClH/c1-4-5-6-7-8-9-10-11-12-13-14-15-16-17-18-19-22-25-23-20-21-24-26(25)27(2,3)28;;/h20-21,23-24H,4-19,22,28H2,1-3H3;;1H. The average molecular weight is 436 g/mol. The molecule has 0 aliphatic rings. The predicted molar refractivity (Wildman–Crippen MR) is 137 cm³/mol. The summed E-state index contributed by atoms with van der Waals surface area (Å²) in [5.41, 5.74) is 8.85. The van der Waals surface area contributed by atoms with Crippen molar-refractivity contribution in [3.63, 3.8) is 0 Å². The molecule has 0 atom stereocenters. The zero-order valence-corrected chi connectivity index (χ0v) is 21.1. The maximum atomic E-state index is 6.32. The molecule has 0 bridgehead atoms. The van der Waals surface area contributed by atoms with Crippen molar-refractivity contribution in [1.29, 1.82) is 0 Å². The van der Waals surface area contributed by atoms with Gasteiger partial charge in [-0.2, -0.15) is 0 Å². The Balaban J connectivity index is 0. The van der Waals surface area contributed by atoms with Crippen molar-refractivity contribution >= 4 is 12.4 Å². The number of hydrogen-bond donors (Lipinski definition) is 1. The van der Waals surface area contributed by atoms with Crippen LogP contribution < -0.4 is 5.73 Å². The molecule has 0 fully saturated rings. The van der Waals surface area contributed by atoms with Gasteiger partial charge in [-0.25, -0.2) is 0 Å². The summed E-state index contributed by atoms with van der Waals surface area (Å²) in [6.45, 7) is 6.52. The molecule has 1 nitrogen and oxygen atoms in total. The number of nitrogens with two attached hydrogens (primary N) is 1. The molecular formula is C28H50ClN. The number of rotatable bonds is 18. The van der Waals surface area contributed by atoms with Gasteiger partial charge >= 0.3 is 0 Å². The SMILES string of the molecule is CCCCCCCCCCCCCCCCCCc1ccccc1C(C)(C)N.Cl.[C]. The lowest BCUT2D eigenvalue weighted by molar-refractivity contribution is 0.527. The molecular weight excluding hydrogens is 386 g/mol. The number of halogens is 1. The molecule has 1 aromatic carbocycles. The Morgan fingerprint density at radius 2 is 1.00 bits per heavy atom. The van der Waals surface area contributed by atoms with Crippen molar-refractivity contribution < 1.29 is 0 Å². The number of aryl methyl sites for hydroxylation is 1. The van der Waals surface area contributed by atoms with Gasteiger partial charge in [0.05, 0.1) is 0 Å². The van der Waals surface area contributed by atoms with Gasteiger partial charge in [-0.3, -0.25) is 0 Å². The molecule has 174 valence electrons. The van der Waals surface area contributed by atoms with Crippen LogP contribution in [0, 0.1) is 7.43 Å². The van der Waals surface area contributed by atoms with Crippen LogP contribution in [-0.4, -0.2) is 0 Å². The fourth-order valence-electron chi connectivity index (χ4n) is 4.23. The van der Waals surface area contributed by atoms with Crippen molar-refractivity contribution in [2.45, 2.75) is 135 Å². The molecule has 0 aromatic heterocycles. The first-order valence-corrected chi connectivity index (χ1v) is 12.4. The van der Waals surface area contributed by atoms with E-state index in [0.717, 1.165) is 0 Å². The van der Waals surface area contributed by atoms with Crippen LogP contribution in [0.4, 0.5) is 0 Å². The fraction of sp³-hybridized carbons (Fsp3) is 0.750. The van der Waals surface area contributed by atoms with E-state index in [-0.39, 0.29) is 25.4 Å². The van der Waals surface area contributed by atoms with E-state index in [0.29, 0.717) is 0 Å². The van der Waals surface area contributed by atoms with Crippen molar-refractivity contribution in [3.8, 4) is 0 Å². The third kappa shape index (κ3) is 16.2. The summed E-state index contributed by atoms with van der Waals surface area (Å²) in [5.74, 6) is 0. The minimum absolute atomic E-state index is 0. The van der Waals surface area contributed by atoms with Crippen molar-refractivity contribution in [1.82, 2.24) is 0 Å². The van der Waals surface area contributed by atoms with Gasteiger partial charge in [0.2, 0.25) is 0 Å². The number of benzene rings is 1. The molecule has 30 heavy (non-hydrogen) atoms. The minimum Gasteiger partial charge on any atom is -0.322 e. The third-order valence-corrected chi connectivity index (χ3v) is 6.01. The summed E-state index contributed by atoms with van der Waals surface area (Å²) in [5, 5.41) is 0. The largest absolute Gasteiger partial charge is 0.322 e. The topological polar surface area (TPSA) is 26.0 Å². The highest BCUT2D eigenvalue weighted by atomic mass is 35.5. The van der Waals surface area contributed by atoms with Crippen LogP contribution in [0.5, 0.6) is 0 Å². The normalized spacial score (nSPS) is 11.1. The first-order valence-electron chi connectivity index (χ1n) is 12.4. The molecule has 0 saturated carbocycles. The highest BCUT2D eigenvalue weighted by Gasteiger charge is 2.17. The Morgan fingerprint density at radius 3 is 1.40 bits per heavy atom. The molecule has 0 saturated heterocycles. The first kappa shape index (κ1) is 31.7. The van der Waals surface area contributed by atoms with E-state index < -0.39 is 0 Å². The minimum atomic E-state index is -0.231. The van der Waals surface area contributed by atoms with E-state index in [1.165, 1.54) is 120 Å². The van der Waals surface area contributed by atoms with Crippen LogP contribution in [0.1, 0.15) is 135 Å². The molecule has 0 aliphatic heterocycles. The molecule has 0 amide bonds. The smallest absolute Gasteiger partial charge is 0.0355 e. The number of hydrogen-bond acceptors (Lipinski definition) is 1. The molecule has 0 aliphatic carbocycles. The molecule has 1 aromatic rings. The molecule has 0 heterocycles. The summed E-state index contributed by atoms with van der Waals surface area (Å²) in [7, 11) is 0. The highest BCUT2D eigenvalue weighted by Crippen LogP contribution is 2.23. The van der Waals surface area contributed by atoms with Gasteiger partial charge < -0.3 is 5.73 Å².